The highest BCUT2D eigenvalue weighted by Crippen LogP contribution is 2.37. The number of fused-ring (bicyclic) bond motifs is 1. The molecule has 4 rings (SSSR count). The van der Waals surface area contributed by atoms with E-state index >= 15 is 0 Å². The molecule has 264 valence electrons. The second-order valence-electron chi connectivity index (χ2n) is 11.6. The van der Waals surface area contributed by atoms with E-state index in [0.717, 1.165) is 42.1 Å². The third-order valence-electron chi connectivity index (χ3n) is 8.45. The van der Waals surface area contributed by atoms with E-state index in [1.807, 2.05) is 36.4 Å². The number of carbonyl (C=O) groups excluding carboxylic acids is 2. The number of carbonyl (C=O) groups is 2. The topological polar surface area (TPSA) is 148 Å². The molecule has 48 heavy (non-hydrogen) atoms. The van der Waals surface area contributed by atoms with Crippen molar-refractivity contribution < 1.29 is 47.9 Å². The van der Waals surface area contributed by atoms with E-state index in [1.54, 1.807) is 21.1 Å². The Labute approximate surface area is 281 Å². The number of hydrogen-bond donors (Lipinski definition) is 0. The number of piperidine rings is 1. The number of esters is 1. The number of anilines is 1. The van der Waals surface area contributed by atoms with Gasteiger partial charge in [0, 0.05) is 26.2 Å². The van der Waals surface area contributed by atoms with Gasteiger partial charge >= 0.3 is 12.1 Å². The van der Waals surface area contributed by atoms with E-state index in [0.29, 0.717) is 38.2 Å². The van der Waals surface area contributed by atoms with Crippen molar-refractivity contribution in [1.82, 2.24) is 4.90 Å². The number of amides is 1. The van der Waals surface area contributed by atoms with Gasteiger partial charge in [-0.15, -0.1) is 10.1 Å². The van der Waals surface area contributed by atoms with Gasteiger partial charge in [-0.25, -0.2) is 9.59 Å². The Kier molecular flexibility index (Phi) is 14.4. The van der Waals surface area contributed by atoms with Crippen LogP contribution in [0.2, 0.25) is 0 Å². The number of nitrogens with zero attached hydrogens (tertiary/aromatic N) is 3. The maximum atomic E-state index is 13.4. The van der Waals surface area contributed by atoms with Crippen LogP contribution in [0, 0.1) is 10.1 Å². The SMILES string of the molecule is CCOC(=O)C1CC(c2ccc(OC)cc2)C(OCc2ccc3c(c2)N(CCCOC)CCO3)CN1C(=O)OCCCCCO[N+](=O)[O-]. The van der Waals surface area contributed by atoms with Gasteiger partial charge in [0.25, 0.3) is 5.09 Å². The van der Waals surface area contributed by atoms with Crippen molar-refractivity contribution in [1.29, 1.82) is 0 Å². The Bertz CT molecular complexity index is 1330. The highest BCUT2D eigenvalue weighted by atomic mass is 16.9. The molecule has 2 heterocycles. The molecule has 2 aromatic rings. The van der Waals surface area contributed by atoms with Crippen molar-refractivity contribution in [3.05, 3.63) is 63.7 Å². The van der Waals surface area contributed by atoms with E-state index in [1.165, 1.54) is 4.90 Å². The number of likely N-dealkylation sites (tertiary alicyclic amines) is 1. The number of ether oxygens (including phenoxy) is 6. The maximum Gasteiger partial charge on any atom is 0.410 e. The average Bonchev–Trinajstić information content (AvgIpc) is 3.10. The lowest BCUT2D eigenvalue weighted by molar-refractivity contribution is -0.757. The van der Waals surface area contributed by atoms with Crippen molar-refractivity contribution in [2.75, 3.05) is 71.8 Å². The summed E-state index contributed by atoms with van der Waals surface area (Å²) < 4.78 is 34.1. The van der Waals surface area contributed by atoms with E-state index in [9.17, 15) is 19.7 Å². The molecule has 0 N–H and O–H groups in total. The molecular weight excluding hydrogens is 626 g/mol. The number of methoxy groups -OCH3 is 2. The van der Waals surface area contributed by atoms with Crippen molar-refractivity contribution in [3.63, 3.8) is 0 Å². The molecule has 0 radical (unpaired) electrons. The Morgan fingerprint density at radius 3 is 2.52 bits per heavy atom. The minimum Gasteiger partial charge on any atom is -0.497 e. The molecule has 14 nitrogen and oxygen atoms in total. The van der Waals surface area contributed by atoms with E-state index in [-0.39, 0.29) is 45.3 Å². The van der Waals surface area contributed by atoms with Crippen LogP contribution in [0.3, 0.4) is 0 Å². The summed E-state index contributed by atoms with van der Waals surface area (Å²) in [6, 6.07) is 12.8. The van der Waals surface area contributed by atoms with Crippen molar-refractivity contribution in [2.24, 2.45) is 0 Å². The van der Waals surface area contributed by atoms with Gasteiger partial charge in [-0.05, 0) is 74.4 Å². The second-order valence-corrected chi connectivity index (χ2v) is 11.6. The summed E-state index contributed by atoms with van der Waals surface area (Å²) in [4.78, 5) is 45.0. The first-order valence-electron chi connectivity index (χ1n) is 16.5. The van der Waals surface area contributed by atoms with Crippen molar-refractivity contribution in [3.8, 4) is 11.5 Å². The van der Waals surface area contributed by atoms with Crippen LogP contribution in [0.1, 0.15) is 56.1 Å². The van der Waals surface area contributed by atoms with Crippen molar-refractivity contribution >= 4 is 17.7 Å². The Morgan fingerprint density at radius 2 is 1.79 bits per heavy atom. The highest BCUT2D eigenvalue weighted by Gasteiger charge is 2.44. The number of unbranched alkanes of at least 4 members (excludes halogenated alkanes) is 2. The summed E-state index contributed by atoms with van der Waals surface area (Å²) in [5.41, 5.74) is 2.90. The molecule has 2 aromatic carbocycles. The molecule has 0 saturated carbocycles. The highest BCUT2D eigenvalue weighted by molar-refractivity contribution is 5.82. The Hall–Kier alpha value is -4.30. The normalized spacial score (nSPS) is 18.8. The van der Waals surface area contributed by atoms with Gasteiger partial charge in [0.15, 0.2) is 0 Å². The lowest BCUT2D eigenvalue weighted by atomic mass is 9.83. The predicted molar refractivity (Wildman–Crippen MR) is 175 cm³/mol. The Balaban J connectivity index is 1.51. The zero-order valence-corrected chi connectivity index (χ0v) is 28.0. The van der Waals surface area contributed by atoms with Crippen LogP contribution in [0.4, 0.5) is 10.5 Å². The molecule has 14 heteroatoms. The molecule has 2 aliphatic heterocycles. The van der Waals surface area contributed by atoms with Gasteiger partial charge in [-0.2, -0.15) is 0 Å². The van der Waals surface area contributed by atoms with Gasteiger partial charge < -0.3 is 38.2 Å². The number of rotatable bonds is 18. The molecule has 3 unspecified atom stereocenters. The first-order valence-corrected chi connectivity index (χ1v) is 16.5. The fourth-order valence-corrected chi connectivity index (χ4v) is 6.01. The number of hydrogen-bond acceptors (Lipinski definition) is 12. The lowest BCUT2D eigenvalue weighted by Crippen LogP contribution is -2.56. The maximum absolute atomic E-state index is 13.4. The summed E-state index contributed by atoms with van der Waals surface area (Å²) >= 11 is 0. The van der Waals surface area contributed by atoms with Crippen LogP contribution in [0.15, 0.2) is 42.5 Å². The summed E-state index contributed by atoms with van der Waals surface area (Å²) in [7, 11) is 3.30. The molecule has 1 saturated heterocycles. The minimum absolute atomic E-state index is 0.0210. The molecular formula is C34H47N3O11. The first kappa shape index (κ1) is 36.5. The third kappa shape index (κ3) is 10.3. The molecule has 0 bridgehead atoms. The standard InChI is InChI=1S/C34H47N3O11/c1-4-44-33(38)30-22-28(26-10-12-27(43-3)13-11-26)32(23-36(30)34(39)46-18-6-5-7-19-48-37(40)41)47-24-25-9-14-31-29(21-25)35(16-20-45-31)15-8-17-42-2/h9-14,21,28,30,32H,4-8,15-20,22-24H2,1-3H3. The zero-order chi connectivity index (χ0) is 34.3. The fraction of sp³-hybridized carbons (Fsp3) is 0.588. The molecule has 0 spiro atoms. The Morgan fingerprint density at radius 1 is 1.00 bits per heavy atom. The molecule has 0 aliphatic carbocycles. The van der Waals surface area contributed by atoms with E-state index in [4.69, 9.17) is 28.4 Å². The number of benzene rings is 2. The van der Waals surface area contributed by atoms with Crippen LogP contribution in [-0.2, 0) is 35.2 Å². The summed E-state index contributed by atoms with van der Waals surface area (Å²) in [5, 5.41) is 9.51. The smallest absolute Gasteiger partial charge is 0.410 e. The van der Waals surface area contributed by atoms with Gasteiger partial charge in [0.05, 0.1) is 58.4 Å². The summed E-state index contributed by atoms with van der Waals surface area (Å²) in [5.74, 6) is 0.789. The predicted octanol–water partition coefficient (Wildman–Crippen LogP) is 4.75. The molecule has 3 atom stereocenters. The van der Waals surface area contributed by atoms with Gasteiger partial charge in [0.1, 0.15) is 24.1 Å². The molecule has 0 aromatic heterocycles. The van der Waals surface area contributed by atoms with Gasteiger partial charge in [-0.3, -0.25) is 4.90 Å². The van der Waals surface area contributed by atoms with Crippen LogP contribution in [0.5, 0.6) is 11.5 Å². The molecule has 2 aliphatic rings. The minimum atomic E-state index is -0.876. The largest absolute Gasteiger partial charge is 0.497 e. The quantitative estimate of drug-likeness (QED) is 0.0930. The van der Waals surface area contributed by atoms with Crippen LogP contribution in [0.25, 0.3) is 0 Å². The second kappa shape index (κ2) is 18.9. The zero-order valence-electron chi connectivity index (χ0n) is 28.0. The first-order chi connectivity index (χ1) is 23.3. The van der Waals surface area contributed by atoms with E-state index in [2.05, 4.69) is 15.8 Å². The summed E-state index contributed by atoms with van der Waals surface area (Å²) in [6.45, 7) is 5.26. The van der Waals surface area contributed by atoms with Crippen molar-refractivity contribution in [2.45, 2.75) is 63.7 Å². The van der Waals surface area contributed by atoms with Crippen LogP contribution < -0.4 is 14.4 Å². The average molecular weight is 674 g/mol. The van der Waals surface area contributed by atoms with Crippen LogP contribution in [-0.4, -0.2) is 101 Å². The van der Waals surface area contributed by atoms with Gasteiger partial charge in [0.2, 0.25) is 0 Å². The lowest BCUT2D eigenvalue weighted by Gasteiger charge is -2.42. The molecule has 1 amide bonds. The summed E-state index contributed by atoms with van der Waals surface area (Å²) in [6.07, 6.45) is 1.57. The van der Waals surface area contributed by atoms with E-state index < -0.39 is 29.3 Å². The van der Waals surface area contributed by atoms with Gasteiger partial charge in [-0.1, -0.05) is 18.2 Å². The molecule has 1 fully saturated rings. The monoisotopic (exact) mass is 673 g/mol. The third-order valence-corrected chi connectivity index (χ3v) is 8.45. The fourth-order valence-electron chi connectivity index (χ4n) is 6.01. The van der Waals surface area contributed by atoms with Crippen LogP contribution >= 0.6 is 0 Å².